The number of halogens is 2. The first-order chi connectivity index (χ1) is 12.3. The lowest BCUT2D eigenvalue weighted by atomic mass is 10.1. The average molecular weight is 367 g/mol. The number of hydrogen-bond donors (Lipinski definition) is 1. The van der Waals surface area contributed by atoms with E-state index in [9.17, 15) is 18.4 Å². The number of esters is 1. The highest BCUT2D eigenvalue weighted by molar-refractivity contribution is 5.92. The maximum Gasteiger partial charge on any atom is 0.387 e. The molecule has 0 fully saturated rings. The lowest BCUT2D eigenvalue weighted by molar-refractivity contribution is -0.124. The zero-order valence-electron chi connectivity index (χ0n) is 14.4. The first-order valence-corrected chi connectivity index (χ1v) is 7.89. The Balaban J connectivity index is 1.70. The predicted molar refractivity (Wildman–Crippen MR) is 88.3 cm³/mol. The van der Waals surface area contributed by atoms with E-state index in [1.54, 1.807) is 32.0 Å². The summed E-state index contributed by atoms with van der Waals surface area (Å²) >= 11 is 0. The van der Waals surface area contributed by atoms with Gasteiger partial charge < -0.3 is 19.2 Å². The van der Waals surface area contributed by atoms with Crippen LogP contribution in [-0.2, 0) is 16.0 Å². The van der Waals surface area contributed by atoms with Crippen molar-refractivity contribution in [2.45, 2.75) is 26.9 Å². The molecule has 0 spiro atoms. The Morgan fingerprint density at radius 1 is 1.19 bits per heavy atom. The van der Waals surface area contributed by atoms with Gasteiger partial charge in [0.05, 0.1) is 0 Å². The number of ether oxygens (including phenoxy) is 2. The van der Waals surface area contributed by atoms with Crippen molar-refractivity contribution in [2.24, 2.45) is 0 Å². The summed E-state index contributed by atoms with van der Waals surface area (Å²) < 4.78 is 38.6. The Bertz CT molecular complexity index is 755. The normalized spacial score (nSPS) is 10.7. The molecule has 0 radical (unpaired) electrons. The minimum atomic E-state index is -2.86. The maximum absolute atomic E-state index is 12.1. The van der Waals surface area contributed by atoms with Gasteiger partial charge in [-0.15, -0.1) is 0 Å². The van der Waals surface area contributed by atoms with Crippen LogP contribution in [0.1, 0.15) is 27.4 Å². The number of furan rings is 1. The van der Waals surface area contributed by atoms with Gasteiger partial charge in [0, 0.05) is 6.54 Å². The van der Waals surface area contributed by atoms with E-state index in [0.29, 0.717) is 30.0 Å². The van der Waals surface area contributed by atoms with Crippen molar-refractivity contribution in [3.63, 3.8) is 0 Å². The molecule has 0 unspecified atom stereocenters. The monoisotopic (exact) mass is 367 g/mol. The Morgan fingerprint density at radius 2 is 1.88 bits per heavy atom. The molecule has 0 atom stereocenters. The lowest BCUT2D eigenvalue weighted by Gasteiger charge is -2.08. The SMILES string of the molecule is Cc1cc(C(=O)OCC(=O)NCCc2ccc(OC(F)F)cc2)c(C)o1. The van der Waals surface area contributed by atoms with Crippen LogP contribution in [0.4, 0.5) is 8.78 Å². The van der Waals surface area contributed by atoms with Crippen molar-refractivity contribution in [1.82, 2.24) is 5.32 Å². The van der Waals surface area contributed by atoms with E-state index in [4.69, 9.17) is 9.15 Å². The molecule has 0 aliphatic carbocycles. The molecule has 1 N–H and O–H groups in total. The maximum atomic E-state index is 12.1. The van der Waals surface area contributed by atoms with Crippen LogP contribution in [0.15, 0.2) is 34.7 Å². The van der Waals surface area contributed by atoms with E-state index in [1.165, 1.54) is 12.1 Å². The number of benzene rings is 1. The summed E-state index contributed by atoms with van der Waals surface area (Å²) in [5.74, 6) is 0.0403. The second-order valence-corrected chi connectivity index (χ2v) is 5.53. The molecule has 1 aromatic heterocycles. The fourth-order valence-corrected chi connectivity index (χ4v) is 2.28. The first kappa shape index (κ1) is 19.4. The zero-order chi connectivity index (χ0) is 19.1. The number of carbonyl (C=O) groups is 2. The first-order valence-electron chi connectivity index (χ1n) is 7.89. The third-order valence-corrected chi connectivity index (χ3v) is 3.48. The van der Waals surface area contributed by atoms with Gasteiger partial charge in [0.25, 0.3) is 5.91 Å². The molecule has 2 aromatic rings. The lowest BCUT2D eigenvalue weighted by Crippen LogP contribution is -2.30. The summed E-state index contributed by atoms with van der Waals surface area (Å²) in [6, 6.07) is 7.68. The van der Waals surface area contributed by atoms with Crippen LogP contribution in [0.2, 0.25) is 0 Å². The number of rotatable bonds is 8. The average Bonchev–Trinajstić information content (AvgIpc) is 2.92. The smallest absolute Gasteiger partial charge is 0.387 e. The van der Waals surface area contributed by atoms with Gasteiger partial charge in [-0.3, -0.25) is 4.79 Å². The van der Waals surface area contributed by atoms with Gasteiger partial charge >= 0.3 is 12.6 Å². The molecular weight excluding hydrogens is 348 g/mol. The molecular formula is C18H19F2NO5. The summed E-state index contributed by atoms with van der Waals surface area (Å²) in [7, 11) is 0. The highest BCUT2D eigenvalue weighted by atomic mass is 19.3. The van der Waals surface area contributed by atoms with Crippen LogP contribution in [0.3, 0.4) is 0 Å². The van der Waals surface area contributed by atoms with Gasteiger partial charge in [0.1, 0.15) is 22.8 Å². The van der Waals surface area contributed by atoms with Crippen LogP contribution in [0, 0.1) is 13.8 Å². The van der Waals surface area contributed by atoms with E-state index < -0.39 is 25.1 Å². The molecule has 6 nitrogen and oxygen atoms in total. The number of hydrogen-bond acceptors (Lipinski definition) is 5. The van der Waals surface area contributed by atoms with E-state index in [2.05, 4.69) is 10.1 Å². The van der Waals surface area contributed by atoms with Crippen molar-refractivity contribution in [2.75, 3.05) is 13.2 Å². The molecule has 0 bridgehead atoms. The Morgan fingerprint density at radius 3 is 2.46 bits per heavy atom. The van der Waals surface area contributed by atoms with Crippen LogP contribution in [0.25, 0.3) is 0 Å². The summed E-state index contributed by atoms with van der Waals surface area (Å²) in [6.07, 6.45) is 0.495. The molecule has 1 heterocycles. The van der Waals surface area contributed by atoms with Gasteiger partial charge in [0.2, 0.25) is 0 Å². The Hall–Kier alpha value is -2.90. The van der Waals surface area contributed by atoms with E-state index in [0.717, 1.165) is 5.56 Å². The number of aryl methyl sites for hydroxylation is 2. The quantitative estimate of drug-likeness (QED) is 0.726. The van der Waals surface area contributed by atoms with Gasteiger partial charge in [-0.1, -0.05) is 12.1 Å². The molecule has 8 heteroatoms. The van der Waals surface area contributed by atoms with Crippen LogP contribution < -0.4 is 10.1 Å². The van der Waals surface area contributed by atoms with Crippen LogP contribution in [0.5, 0.6) is 5.75 Å². The fraction of sp³-hybridized carbons (Fsp3) is 0.333. The number of alkyl halides is 2. The van der Waals surface area contributed by atoms with Crippen molar-refractivity contribution in [3.8, 4) is 5.75 Å². The molecule has 0 saturated heterocycles. The van der Waals surface area contributed by atoms with Crippen molar-refractivity contribution < 1.29 is 32.3 Å². The molecule has 2 rings (SSSR count). The Kier molecular flexibility index (Phi) is 6.71. The van der Waals surface area contributed by atoms with Gasteiger partial charge in [-0.2, -0.15) is 8.78 Å². The fourth-order valence-electron chi connectivity index (χ4n) is 2.28. The molecule has 0 saturated carbocycles. The Labute approximate surface area is 149 Å². The van der Waals surface area contributed by atoms with Crippen LogP contribution >= 0.6 is 0 Å². The van der Waals surface area contributed by atoms with Crippen LogP contribution in [-0.4, -0.2) is 31.6 Å². The number of carbonyl (C=O) groups excluding carboxylic acids is 2. The van der Waals surface area contributed by atoms with Gasteiger partial charge in [-0.25, -0.2) is 4.79 Å². The molecule has 1 aromatic carbocycles. The summed E-state index contributed by atoms with van der Waals surface area (Å²) in [5.41, 5.74) is 1.13. The number of amides is 1. The molecule has 0 aliphatic rings. The summed E-state index contributed by atoms with van der Waals surface area (Å²) in [4.78, 5) is 23.6. The second-order valence-electron chi connectivity index (χ2n) is 5.53. The van der Waals surface area contributed by atoms with Gasteiger partial charge in [0.15, 0.2) is 6.61 Å². The largest absolute Gasteiger partial charge is 0.466 e. The molecule has 1 amide bonds. The zero-order valence-corrected chi connectivity index (χ0v) is 14.4. The standard InChI is InChI=1S/C18H19F2NO5/c1-11-9-15(12(2)25-11)17(23)24-10-16(22)21-8-7-13-3-5-14(6-4-13)26-18(19)20/h3-6,9,18H,7-8,10H2,1-2H3,(H,21,22). The van der Waals surface area contributed by atoms with E-state index >= 15 is 0 Å². The van der Waals surface area contributed by atoms with E-state index in [-0.39, 0.29) is 5.75 Å². The highest BCUT2D eigenvalue weighted by Gasteiger charge is 2.16. The summed E-state index contributed by atoms with van der Waals surface area (Å²) in [6.45, 7) is 0.403. The van der Waals surface area contributed by atoms with Crippen molar-refractivity contribution >= 4 is 11.9 Å². The topological polar surface area (TPSA) is 77.8 Å². The van der Waals surface area contributed by atoms with E-state index in [1.807, 2.05) is 0 Å². The minimum Gasteiger partial charge on any atom is -0.466 e. The minimum absolute atomic E-state index is 0.0736. The molecule has 26 heavy (non-hydrogen) atoms. The van der Waals surface area contributed by atoms with Crippen molar-refractivity contribution in [1.29, 1.82) is 0 Å². The third-order valence-electron chi connectivity index (χ3n) is 3.48. The number of nitrogens with one attached hydrogen (secondary N) is 1. The van der Waals surface area contributed by atoms with Gasteiger partial charge in [-0.05, 0) is 44.0 Å². The predicted octanol–water partition coefficient (Wildman–Crippen LogP) is 3.01. The highest BCUT2D eigenvalue weighted by Crippen LogP contribution is 2.15. The molecule has 0 aliphatic heterocycles. The third kappa shape index (κ3) is 5.87. The molecule has 140 valence electrons. The van der Waals surface area contributed by atoms with Crippen molar-refractivity contribution in [3.05, 3.63) is 53.0 Å². The summed E-state index contributed by atoms with van der Waals surface area (Å²) in [5, 5.41) is 2.61. The second kappa shape index (κ2) is 8.98.